The predicted octanol–water partition coefficient (Wildman–Crippen LogP) is 2.91. The minimum absolute atomic E-state index is 0.158. The van der Waals surface area contributed by atoms with Gasteiger partial charge in [-0.25, -0.2) is 28.4 Å². The maximum Gasteiger partial charge on any atom is 0.271 e. The van der Waals surface area contributed by atoms with Crippen LogP contribution < -0.4 is 15.2 Å². The monoisotopic (exact) mass is 434 g/mol. The Morgan fingerprint density at radius 1 is 1.25 bits per heavy atom. The second-order valence-electron chi connectivity index (χ2n) is 5.66. The molecule has 0 aliphatic carbocycles. The first-order chi connectivity index (χ1) is 13.4. The van der Waals surface area contributed by atoms with E-state index in [4.69, 9.17) is 10.5 Å². The van der Waals surface area contributed by atoms with Gasteiger partial charge in [-0.1, -0.05) is 17.4 Å². The van der Waals surface area contributed by atoms with Gasteiger partial charge in [0.15, 0.2) is 0 Å². The number of nitrogens with one attached hydrogen (secondary N) is 1. The fourth-order valence-electron chi connectivity index (χ4n) is 2.52. The summed E-state index contributed by atoms with van der Waals surface area (Å²) in [5.41, 5.74) is 7.85. The van der Waals surface area contributed by atoms with Gasteiger partial charge in [0.05, 0.1) is 12.8 Å². The van der Waals surface area contributed by atoms with Crippen molar-refractivity contribution in [1.29, 1.82) is 0 Å². The Kier molecular flexibility index (Phi) is 4.61. The summed E-state index contributed by atoms with van der Waals surface area (Å²) in [6, 6.07) is 4.82. The Hall–Kier alpha value is -2.83. The van der Waals surface area contributed by atoms with E-state index in [9.17, 15) is 8.42 Å². The van der Waals surface area contributed by atoms with Crippen LogP contribution in [0.15, 0.2) is 34.0 Å². The van der Waals surface area contributed by atoms with Crippen LogP contribution in [-0.4, -0.2) is 35.5 Å². The van der Waals surface area contributed by atoms with E-state index in [0.717, 1.165) is 11.3 Å². The molecule has 4 aromatic rings. The molecule has 4 rings (SSSR count). The van der Waals surface area contributed by atoms with Crippen LogP contribution in [0, 0.1) is 6.92 Å². The van der Waals surface area contributed by atoms with Gasteiger partial charge in [0.1, 0.15) is 25.3 Å². The molecule has 0 aliphatic rings. The summed E-state index contributed by atoms with van der Waals surface area (Å²) in [5, 5.41) is 2.31. The molecule has 0 fully saturated rings. The minimum atomic E-state index is -3.75. The summed E-state index contributed by atoms with van der Waals surface area (Å²) in [6.45, 7) is 1.80. The van der Waals surface area contributed by atoms with Gasteiger partial charge >= 0.3 is 0 Å². The highest BCUT2D eigenvalue weighted by Gasteiger charge is 2.20. The van der Waals surface area contributed by atoms with Crippen molar-refractivity contribution in [3.63, 3.8) is 0 Å². The normalized spacial score (nSPS) is 11.6. The van der Waals surface area contributed by atoms with E-state index < -0.39 is 10.0 Å². The zero-order valence-electron chi connectivity index (χ0n) is 14.7. The Labute approximate surface area is 168 Å². The number of aromatic nitrogens is 4. The maximum atomic E-state index is 12.6. The summed E-state index contributed by atoms with van der Waals surface area (Å²) in [5.74, 6) is 0.336. The molecule has 4 aromatic heterocycles. The van der Waals surface area contributed by atoms with E-state index in [-0.39, 0.29) is 21.7 Å². The smallest absolute Gasteiger partial charge is 0.271 e. The lowest BCUT2D eigenvalue weighted by molar-refractivity contribution is 0.400. The SMILES string of the molecule is COc1ncc(-c2nc3c(C)nc(N)nc3s2)cc1NS(=O)(=O)c1cccs1. The summed E-state index contributed by atoms with van der Waals surface area (Å²) in [4.78, 5) is 17.7. The molecule has 0 atom stereocenters. The second-order valence-corrected chi connectivity index (χ2v) is 9.49. The van der Waals surface area contributed by atoms with E-state index in [1.165, 1.54) is 24.5 Å². The van der Waals surface area contributed by atoms with Gasteiger partial charge in [-0.05, 0) is 24.4 Å². The van der Waals surface area contributed by atoms with Crippen molar-refractivity contribution in [1.82, 2.24) is 19.9 Å². The molecule has 0 radical (unpaired) electrons. The highest BCUT2D eigenvalue weighted by atomic mass is 32.2. The highest BCUT2D eigenvalue weighted by molar-refractivity contribution is 7.94. The van der Waals surface area contributed by atoms with Crippen LogP contribution in [0.25, 0.3) is 20.9 Å². The number of anilines is 2. The van der Waals surface area contributed by atoms with Crippen molar-refractivity contribution >= 4 is 54.7 Å². The topological polar surface area (TPSA) is 133 Å². The number of rotatable bonds is 5. The van der Waals surface area contributed by atoms with Gasteiger partial charge in [0.2, 0.25) is 11.8 Å². The fourth-order valence-corrected chi connectivity index (χ4v) is 5.54. The molecule has 0 aromatic carbocycles. The molecule has 0 unspecified atom stereocenters. The molecule has 0 bridgehead atoms. The van der Waals surface area contributed by atoms with Crippen LogP contribution in [0.3, 0.4) is 0 Å². The Morgan fingerprint density at radius 3 is 2.79 bits per heavy atom. The van der Waals surface area contributed by atoms with Gasteiger partial charge in [0, 0.05) is 11.8 Å². The van der Waals surface area contributed by atoms with Crippen LogP contribution >= 0.6 is 22.7 Å². The molecule has 0 spiro atoms. The highest BCUT2D eigenvalue weighted by Crippen LogP contribution is 2.34. The lowest BCUT2D eigenvalue weighted by Gasteiger charge is -2.11. The van der Waals surface area contributed by atoms with Gasteiger partial charge in [-0.15, -0.1) is 11.3 Å². The quantitative estimate of drug-likeness (QED) is 0.490. The maximum absolute atomic E-state index is 12.6. The average Bonchev–Trinajstić information content (AvgIpc) is 3.31. The Bertz CT molecular complexity index is 1270. The van der Waals surface area contributed by atoms with Crippen molar-refractivity contribution < 1.29 is 13.2 Å². The van der Waals surface area contributed by atoms with Crippen LogP contribution in [0.1, 0.15) is 5.69 Å². The molecule has 12 heteroatoms. The number of nitrogens with two attached hydrogens (primary N) is 1. The second kappa shape index (κ2) is 6.96. The van der Waals surface area contributed by atoms with E-state index >= 15 is 0 Å². The molecule has 9 nitrogen and oxygen atoms in total. The van der Waals surface area contributed by atoms with E-state index in [1.54, 1.807) is 30.6 Å². The molecule has 0 amide bonds. The minimum Gasteiger partial charge on any atom is -0.480 e. The summed E-state index contributed by atoms with van der Waals surface area (Å²) >= 11 is 2.44. The van der Waals surface area contributed by atoms with Crippen molar-refractivity contribution in [2.45, 2.75) is 11.1 Å². The number of hydrogen-bond acceptors (Lipinski definition) is 10. The number of thiophene rings is 1. The number of pyridine rings is 1. The fraction of sp³-hybridized carbons (Fsp3) is 0.125. The number of nitrogen functional groups attached to an aromatic ring is 1. The Morgan fingerprint density at radius 2 is 2.07 bits per heavy atom. The van der Waals surface area contributed by atoms with Crippen LogP contribution in [0.5, 0.6) is 5.88 Å². The largest absolute Gasteiger partial charge is 0.480 e. The van der Waals surface area contributed by atoms with Crippen molar-refractivity contribution in [2.24, 2.45) is 0 Å². The number of fused-ring (bicyclic) bond motifs is 1. The number of ether oxygens (including phenoxy) is 1. The summed E-state index contributed by atoms with van der Waals surface area (Å²) in [7, 11) is -2.32. The van der Waals surface area contributed by atoms with Gasteiger partial charge in [-0.3, -0.25) is 4.72 Å². The molecular formula is C16H14N6O3S3. The van der Waals surface area contributed by atoms with Crippen LogP contribution in [-0.2, 0) is 10.0 Å². The van der Waals surface area contributed by atoms with Gasteiger partial charge in [0.25, 0.3) is 10.0 Å². The zero-order valence-corrected chi connectivity index (χ0v) is 17.2. The molecule has 0 saturated heterocycles. The first-order valence-corrected chi connectivity index (χ1v) is 11.1. The van der Waals surface area contributed by atoms with Crippen LogP contribution in [0.2, 0.25) is 0 Å². The number of thiazole rings is 1. The molecule has 3 N–H and O–H groups in total. The standard InChI is InChI=1S/C16H14N6O3S3/c1-8-12-15(21-16(17)19-8)27-14(20-12)9-6-10(13(25-2)18-7-9)22-28(23,24)11-4-3-5-26-11/h3-7,22H,1-2H3,(H2,17,19,21). The summed E-state index contributed by atoms with van der Waals surface area (Å²) < 4.78 is 33.1. The number of methoxy groups -OCH3 is 1. The van der Waals surface area contributed by atoms with Gasteiger partial charge in [-0.2, -0.15) is 0 Å². The first kappa shape index (κ1) is 18.5. The third kappa shape index (κ3) is 3.37. The first-order valence-electron chi connectivity index (χ1n) is 7.89. The molecule has 28 heavy (non-hydrogen) atoms. The van der Waals surface area contributed by atoms with E-state index in [1.807, 2.05) is 0 Å². The number of hydrogen-bond donors (Lipinski definition) is 2. The number of aryl methyl sites for hydroxylation is 1. The molecule has 4 heterocycles. The van der Waals surface area contributed by atoms with Crippen molar-refractivity contribution in [3.05, 3.63) is 35.5 Å². The third-order valence-corrected chi connectivity index (χ3v) is 7.51. The Balaban J connectivity index is 1.78. The van der Waals surface area contributed by atoms with E-state index in [0.29, 0.717) is 26.6 Å². The molecule has 0 saturated carbocycles. The number of sulfonamides is 1. The van der Waals surface area contributed by atoms with Crippen molar-refractivity contribution in [2.75, 3.05) is 17.6 Å². The molecule has 0 aliphatic heterocycles. The zero-order chi connectivity index (χ0) is 19.9. The molecule has 144 valence electrons. The summed E-state index contributed by atoms with van der Waals surface area (Å²) in [6.07, 6.45) is 1.56. The van der Waals surface area contributed by atoms with Crippen LogP contribution in [0.4, 0.5) is 11.6 Å². The third-order valence-electron chi connectivity index (χ3n) is 3.75. The lowest BCUT2D eigenvalue weighted by Crippen LogP contribution is -2.12. The van der Waals surface area contributed by atoms with E-state index in [2.05, 4.69) is 24.7 Å². The predicted molar refractivity (Wildman–Crippen MR) is 109 cm³/mol. The number of nitrogens with zero attached hydrogens (tertiary/aromatic N) is 4. The van der Waals surface area contributed by atoms with Gasteiger partial charge < -0.3 is 10.5 Å². The lowest BCUT2D eigenvalue weighted by atomic mass is 10.2. The van der Waals surface area contributed by atoms with Crippen molar-refractivity contribution in [3.8, 4) is 16.5 Å². The molecular weight excluding hydrogens is 420 g/mol. The average molecular weight is 435 g/mol.